The van der Waals surface area contributed by atoms with Gasteiger partial charge in [-0.3, -0.25) is 4.79 Å². The lowest BCUT2D eigenvalue weighted by Gasteiger charge is -2.34. The smallest absolute Gasteiger partial charge is 0.309 e. The molecule has 0 aromatic rings. The van der Waals surface area contributed by atoms with Gasteiger partial charge in [-0.05, 0) is 64.7 Å². The van der Waals surface area contributed by atoms with E-state index in [-0.39, 0.29) is 17.5 Å². The van der Waals surface area contributed by atoms with Crippen molar-refractivity contribution >= 4 is 5.97 Å². The van der Waals surface area contributed by atoms with Crippen molar-refractivity contribution in [3.63, 3.8) is 0 Å². The molecule has 0 aromatic heterocycles. The molecule has 1 atom stereocenters. The summed E-state index contributed by atoms with van der Waals surface area (Å²) in [5.74, 6) is 0.159. The number of ether oxygens (including phenoxy) is 1. The Labute approximate surface area is 137 Å². The molecule has 2 heteroatoms. The monoisotopic (exact) mass is 308 g/mol. The summed E-state index contributed by atoms with van der Waals surface area (Å²) in [4.78, 5) is 12.5. The van der Waals surface area contributed by atoms with Gasteiger partial charge in [-0.1, -0.05) is 45.3 Å². The van der Waals surface area contributed by atoms with Gasteiger partial charge in [0.1, 0.15) is 5.60 Å². The van der Waals surface area contributed by atoms with Crippen molar-refractivity contribution in [3.8, 4) is 0 Å². The second kappa shape index (κ2) is 10.9. The van der Waals surface area contributed by atoms with Gasteiger partial charge in [0, 0.05) is 0 Å². The van der Waals surface area contributed by atoms with E-state index in [2.05, 4.69) is 32.9 Å². The zero-order valence-corrected chi connectivity index (χ0v) is 15.0. The molecule has 0 spiro atoms. The van der Waals surface area contributed by atoms with Crippen molar-refractivity contribution in [3.05, 3.63) is 12.2 Å². The molecular formula is C20H36O2. The number of hydrogen-bond acceptors (Lipinski definition) is 2. The van der Waals surface area contributed by atoms with Crippen LogP contribution >= 0.6 is 0 Å². The Morgan fingerprint density at radius 3 is 2.36 bits per heavy atom. The number of rotatable bonds is 10. The second-order valence-corrected chi connectivity index (χ2v) is 7.11. The number of allylic oxidation sites excluding steroid dienone is 2. The minimum atomic E-state index is -0.192. The predicted octanol–water partition coefficient (Wildman–Crippen LogP) is 6.20. The molecule has 0 N–H and O–H groups in total. The number of carbonyl (C=O) groups excluding carboxylic acids is 1. The van der Waals surface area contributed by atoms with Crippen LogP contribution in [-0.2, 0) is 9.53 Å². The Balaban J connectivity index is 2.38. The third-order valence-electron chi connectivity index (χ3n) is 4.77. The molecule has 1 rings (SSSR count). The third kappa shape index (κ3) is 7.47. The maximum absolute atomic E-state index is 12.5. The number of esters is 1. The summed E-state index contributed by atoms with van der Waals surface area (Å²) >= 11 is 0. The molecule has 1 aliphatic rings. The van der Waals surface area contributed by atoms with Gasteiger partial charge in [-0.15, -0.1) is 0 Å². The molecule has 128 valence electrons. The summed E-state index contributed by atoms with van der Waals surface area (Å²) in [6.45, 7) is 6.48. The Kier molecular flexibility index (Phi) is 9.50. The van der Waals surface area contributed by atoms with Gasteiger partial charge in [-0.2, -0.15) is 0 Å². The van der Waals surface area contributed by atoms with Crippen LogP contribution in [0.1, 0.15) is 97.8 Å². The van der Waals surface area contributed by atoms with Gasteiger partial charge < -0.3 is 4.74 Å². The highest BCUT2D eigenvalue weighted by Gasteiger charge is 2.32. The summed E-state index contributed by atoms with van der Waals surface area (Å²) in [6.07, 6.45) is 17.8. The van der Waals surface area contributed by atoms with Crippen LogP contribution in [0.3, 0.4) is 0 Å². The standard InChI is InChI=1S/C20H36O2/c1-4-6-7-8-9-11-15-18(14-5-2)19(21)22-20(3)16-12-10-13-17-20/h7-8,18H,4-6,9-17H2,1-3H3/b8-7+. The largest absolute Gasteiger partial charge is 0.459 e. The lowest BCUT2D eigenvalue weighted by molar-refractivity contribution is -0.166. The van der Waals surface area contributed by atoms with E-state index in [1.165, 1.54) is 32.1 Å². The van der Waals surface area contributed by atoms with Crippen LogP contribution in [-0.4, -0.2) is 11.6 Å². The summed E-state index contributed by atoms with van der Waals surface area (Å²) < 4.78 is 5.93. The van der Waals surface area contributed by atoms with E-state index in [1.807, 2.05) is 0 Å². The van der Waals surface area contributed by atoms with E-state index in [0.717, 1.165) is 44.9 Å². The third-order valence-corrected chi connectivity index (χ3v) is 4.77. The quantitative estimate of drug-likeness (QED) is 0.273. The van der Waals surface area contributed by atoms with Gasteiger partial charge in [0.2, 0.25) is 0 Å². The molecular weight excluding hydrogens is 272 g/mol. The van der Waals surface area contributed by atoms with Crippen LogP contribution in [0.25, 0.3) is 0 Å². The Morgan fingerprint density at radius 2 is 1.73 bits per heavy atom. The molecule has 0 amide bonds. The summed E-state index contributed by atoms with van der Waals surface area (Å²) in [5.41, 5.74) is -0.192. The maximum atomic E-state index is 12.5. The van der Waals surface area contributed by atoms with Crippen molar-refractivity contribution in [2.24, 2.45) is 5.92 Å². The van der Waals surface area contributed by atoms with E-state index in [9.17, 15) is 4.79 Å². The van der Waals surface area contributed by atoms with Gasteiger partial charge in [0.05, 0.1) is 5.92 Å². The van der Waals surface area contributed by atoms with Gasteiger partial charge in [-0.25, -0.2) is 0 Å². The molecule has 1 aliphatic carbocycles. The highest BCUT2D eigenvalue weighted by atomic mass is 16.6. The minimum absolute atomic E-state index is 0.0591. The SMILES string of the molecule is CCC/C=C/CCCC(CCC)C(=O)OC1(C)CCCCC1. The molecule has 2 nitrogen and oxygen atoms in total. The van der Waals surface area contributed by atoms with Crippen LogP contribution in [0.5, 0.6) is 0 Å². The van der Waals surface area contributed by atoms with Crippen molar-refractivity contribution in [1.82, 2.24) is 0 Å². The lowest BCUT2D eigenvalue weighted by Crippen LogP contribution is -2.36. The van der Waals surface area contributed by atoms with Crippen molar-refractivity contribution in [2.45, 2.75) is 103 Å². The molecule has 0 aliphatic heterocycles. The van der Waals surface area contributed by atoms with E-state index >= 15 is 0 Å². The molecule has 1 saturated carbocycles. The molecule has 0 heterocycles. The van der Waals surface area contributed by atoms with Gasteiger partial charge >= 0.3 is 5.97 Å². The molecule has 1 unspecified atom stereocenters. The first-order valence-corrected chi connectivity index (χ1v) is 9.49. The van der Waals surface area contributed by atoms with E-state index in [1.54, 1.807) is 0 Å². The highest BCUT2D eigenvalue weighted by Crippen LogP contribution is 2.32. The number of hydrogen-bond donors (Lipinski definition) is 0. The fraction of sp³-hybridized carbons (Fsp3) is 0.850. The zero-order chi connectivity index (χ0) is 16.3. The zero-order valence-electron chi connectivity index (χ0n) is 15.0. The van der Waals surface area contributed by atoms with E-state index < -0.39 is 0 Å². The topological polar surface area (TPSA) is 26.3 Å². The molecule has 0 radical (unpaired) electrons. The fourth-order valence-corrected chi connectivity index (χ4v) is 3.34. The van der Waals surface area contributed by atoms with Gasteiger partial charge in [0.15, 0.2) is 0 Å². The Bertz CT molecular complexity index is 327. The summed E-state index contributed by atoms with van der Waals surface area (Å²) in [6, 6.07) is 0. The second-order valence-electron chi connectivity index (χ2n) is 7.11. The van der Waals surface area contributed by atoms with Crippen LogP contribution < -0.4 is 0 Å². The average Bonchev–Trinajstić information content (AvgIpc) is 2.49. The van der Waals surface area contributed by atoms with Crippen LogP contribution in [0.15, 0.2) is 12.2 Å². The number of unbranched alkanes of at least 4 members (excludes halogenated alkanes) is 2. The van der Waals surface area contributed by atoms with E-state index in [0.29, 0.717) is 0 Å². The summed E-state index contributed by atoms with van der Waals surface area (Å²) in [5, 5.41) is 0. The predicted molar refractivity (Wildman–Crippen MR) is 93.9 cm³/mol. The number of carbonyl (C=O) groups is 1. The Hall–Kier alpha value is -0.790. The van der Waals surface area contributed by atoms with Crippen LogP contribution in [0.2, 0.25) is 0 Å². The van der Waals surface area contributed by atoms with E-state index in [4.69, 9.17) is 4.74 Å². The molecule has 0 bridgehead atoms. The highest BCUT2D eigenvalue weighted by molar-refractivity contribution is 5.72. The molecule has 0 saturated heterocycles. The molecule has 1 fully saturated rings. The van der Waals surface area contributed by atoms with Crippen LogP contribution in [0.4, 0.5) is 0 Å². The molecule has 22 heavy (non-hydrogen) atoms. The van der Waals surface area contributed by atoms with Crippen molar-refractivity contribution < 1.29 is 9.53 Å². The normalized spacial score (nSPS) is 19.2. The first-order chi connectivity index (χ1) is 10.6. The average molecular weight is 309 g/mol. The van der Waals surface area contributed by atoms with Crippen molar-refractivity contribution in [2.75, 3.05) is 0 Å². The first-order valence-electron chi connectivity index (χ1n) is 9.49. The lowest BCUT2D eigenvalue weighted by atomic mass is 9.86. The van der Waals surface area contributed by atoms with Gasteiger partial charge in [0.25, 0.3) is 0 Å². The molecule has 0 aromatic carbocycles. The fourth-order valence-electron chi connectivity index (χ4n) is 3.34. The first kappa shape index (κ1) is 19.3. The maximum Gasteiger partial charge on any atom is 0.309 e. The summed E-state index contributed by atoms with van der Waals surface area (Å²) in [7, 11) is 0. The minimum Gasteiger partial charge on any atom is -0.459 e. The van der Waals surface area contributed by atoms with Crippen molar-refractivity contribution in [1.29, 1.82) is 0 Å². The Morgan fingerprint density at radius 1 is 1.05 bits per heavy atom. The van der Waals surface area contributed by atoms with Crippen LogP contribution in [0, 0.1) is 5.92 Å².